The Bertz CT molecular complexity index is 670. The lowest BCUT2D eigenvalue weighted by atomic mass is 10.3. The molecular formula is C10H5FN2OS. The number of aldehydes is 1. The number of hydrogen-bond acceptors (Lipinski definition) is 3. The van der Waals surface area contributed by atoms with Crippen LogP contribution in [0.4, 0.5) is 4.39 Å². The fraction of sp³-hybridized carbons (Fsp3) is 0. The number of aromatic nitrogens is 2. The third-order valence-electron chi connectivity index (χ3n) is 2.24. The molecule has 1 aromatic carbocycles. The first-order chi connectivity index (χ1) is 7.29. The number of thiazole rings is 1. The van der Waals surface area contributed by atoms with E-state index < -0.39 is 0 Å². The van der Waals surface area contributed by atoms with Crippen LogP contribution in [-0.4, -0.2) is 15.7 Å². The van der Waals surface area contributed by atoms with Crippen molar-refractivity contribution < 1.29 is 9.18 Å². The van der Waals surface area contributed by atoms with Crippen LogP contribution in [0.5, 0.6) is 0 Å². The van der Waals surface area contributed by atoms with E-state index in [1.54, 1.807) is 10.5 Å². The Hall–Kier alpha value is -1.75. The summed E-state index contributed by atoms with van der Waals surface area (Å²) in [7, 11) is 0. The molecule has 74 valence electrons. The molecule has 3 aromatic rings. The highest BCUT2D eigenvalue weighted by Crippen LogP contribution is 2.27. The molecule has 0 atom stereocenters. The lowest BCUT2D eigenvalue weighted by Gasteiger charge is -1.92. The molecule has 0 aliphatic carbocycles. The quantitative estimate of drug-likeness (QED) is 0.590. The van der Waals surface area contributed by atoms with Gasteiger partial charge < -0.3 is 0 Å². The zero-order valence-corrected chi connectivity index (χ0v) is 8.29. The number of nitrogens with zero attached hydrogens (tertiary/aromatic N) is 2. The predicted molar refractivity (Wildman–Crippen MR) is 55.9 cm³/mol. The number of rotatable bonds is 1. The summed E-state index contributed by atoms with van der Waals surface area (Å²) in [4.78, 5) is 15.6. The molecule has 0 bridgehead atoms. The van der Waals surface area contributed by atoms with Crippen LogP contribution in [0.15, 0.2) is 24.4 Å². The average molecular weight is 220 g/mol. The molecule has 0 amide bonds. The molecule has 0 fully saturated rings. The van der Waals surface area contributed by atoms with Crippen LogP contribution in [0.2, 0.25) is 0 Å². The van der Waals surface area contributed by atoms with Gasteiger partial charge in [-0.25, -0.2) is 9.37 Å². The monoisotopic (exact) mass is 220 g/mol. The minimum atomic E-state index is -0.278. The topological polar surface area (TPSA) is 34.4 Å². The number of carbonyl (C=O) groups excluding carboxylic acids is 1. The van der Waals surface area contributed by atoms with Gasteiger partial charge in [0, 0.05) is 0 Å². The van der Waals surface area contributed by atoms with Crippen LogP contribution in [-0.2, 0) is 0 Å². The maximum Gasteiger partial charge on any atom is 0.195 e. The van der Waals surface area contributed by atoms with Crippen molar-refractivity contribution in [2.75, 3.05) is 0 Å². The predicted octanol–water partition coefficient (Wildman–Crippen LogP) is 2.50. The SMILES string of the molecule is O=Cc1cnc2sc3cc(F)ccc3n12. The number of carbonyl (C=O) groups is 1. The van der Waals surface area contributed by atoms with Gasteiger partial charge in [-0.05, 0) is 18.2 Å². The van der Waals surface area contributed by atoms with Gasteiger partial charge in [0.05, 0.1) is 16.4 Å². The van der Waals surface area contributed by atoms with Gasteiger partial charge in [0.2, 0.25) is 0 Å². The number of benzene rings is 1. The third-order valence-corrected chi connectivity index (χ3v) is 3.26. The summed E-state index contributed by atoms with van der Waals surface area (Å²) in [6.45, 7) is 0. The first-order valence-electron chi connectivity index (χ1n) is 4.30. The molecule has 0 unspecified atom stereocenters. The lowest BCUT2D eigenvalue weighted by molar-refractivity contribution is 0.111. The largest absolute Gasteiger partial charge is 0.296 e. The van der Waals surface area contributed by atoms with Crippen LogP contribution in [0.3, 0.4) is 0 Å². The van der Waals surface area contributed by atoms with Gasteiger partial charge in [0.1, 0.15) is 11.5 Å². The Morgan fingerprint density at radius 1 is 1.47 bits per heavy atom. The van der Waals surface area contributed by atoms with Crippen LogP contribution in [0, 0.1) is 5.82 Å². The van der Waals surface area contributed by atoms with Crippen molar-refractivity contribution in [1.82, 2.24) is 9.38 Å². The van der Waals surface area contributed by atoms with Crippen molar-refractivity contribution in [3.8, 4) is 0 Å². The number of hydrogen-bond donors (Lipinski definition) is 0. The van der Waals surface area contributed by atoms with Gasteiger partial charge in [0.25, 0.3) is 0 Å². The molecule has 0 saturated carbocycles. The highest BCUT2D eigenvalue weighted by molar-refractivity contribution is 7.23. The fourth-order valence-electron chi connectivity index (χ4n) is 1.60. The third kappa shape index (κ3) is 1.10. The van der Waals surface area contributed by atoms with E-state index in [0.29, 0.717) is 10.7 Å². The Balaban J connectivity index is 2.54. The molecular weight excluding hydrogens is 215 g/mol. The number of halogens is 1. The molecule has 0 N–H and O–H groups in total. The molecule has 0 radical (unpaired) electrons. The highest BCUT2D eigenvalue weighted by atomic mass is 32.1. The van der Waals surface area contributed by atoms with E-state index in [9.17, 15) is 9.18 Å². The second-order valence-electron chi connectivity index (χ2n) is 3.13. The highest BCUT2D eigenvalue weighted by Gasteiger charge is 2.10. The Morgan fingerprint density at radius 2 is 2.33 bits per heavy atom. The van der Waals surface area contributed by atoms with Gasteiger partial charge >= 0.3 is 0 Å². The number of fused-ring (bicyclic) bond motifs is 3. The van der Waals surface area contributed by atoms with E-state index in [1.807, 2.05) is 0 Å². The van der Waals surface area contributed by atoms with Crippen molar-refractivity contribution in [2.45, 2.75) is 0 Å². The summed E-state index contributed by atoms with van der Waals surface area (Å²) >= 11 is 1.36. The summed E-state index contributed by atoms with van der Waals surface area (Å²) in [5.74, 6) is -0.278. The average Bonchev–Trinajstić information content (AvgIpc) is 2.74. The molecule has 2 aromatic heterocycles. The van der Waals surface area contributed by atoms with Crippen LogP contribution >= 0.6 is 11.3 Å². The van der Waals surface area contributed by atoms with E-state index in [4.69, 9.17) is 0 Å². The first-order valence-corrected chi connectivity index (χ1v) is 5.12. The summed E-state index contributed by atoms with van der Waals surface area (Å²) < 4.78 is 15.5. The molecule has 0 spiro atoms. The molecule has 2 heterocycles. The molecule has 5 heteroatoms. The smallest absolute Gasteiger partial charge is 0.195 e. The van der Waals surface area contributed by atoms with Crippen molar-refractivity contribution in [2.24, 2.45) is 0 Å². The number of imidazole rings is 1. The van der Waals surface area contributed by atoms with Crippen molar-refractivity contribution in [3.63, 3.8) is 0 Å². The van der Waals surface area contributed by atoms with Gasteiger partial charge in [0.15, 0.2) is 11.2 Å². The first kappa shape index (κ1) is 8.55. The molecule has 0 aliphatic heterocycles. The zero-order chi connectivity index (χ0) is 10.4. The molecule has 3 nitrogen and oxygen atoms in total. The second-order valence-corrected chi connectivity index (χ2v) is 4.14. The Labute approximate surface area is 87.8 Å². The lowest BCUT2D eigenvalue weighted by Crippen LogP contribution is -1.87. The van der Waals surface area contributed by atoms with E-state index in [2.05, 4.69) is 4.98 Å². The molecule has 0 aliphatic rings. The van der Waals surface area contributed by atoms with E-state index >= 15 is 0 Å². The summed E-state index contributed by atoms with van der Waals surface area (Å²) in [6.07, 6.45) is 2.26. The van der Waals surface area contributed by atoms with Gasteiger partial charge in [-0.3, -0.25) is 9.20 Å². The fourth-order valence-corrected chi connectivity index (χ4v) is 2.63. The zero-order valence-electron chi connectivity index (χ0n) is 7.48. The summed E-state index contributed by atoms with van der Waals surface area (Å²) in [6, 6.07) is 4.48. The molecule has 0 saturated heterocycles. The molecule has 15 heavy (non-hydrogen) atoms. The van der Waals surface area contributed by atoms with E-state index in [0.717, 1.165) is 16.5 Å². The van der Waals surface area contributed by atoms with Gasteiger partial charge in [-0.1, -0.05) is 11.3 Å². The maximum atomic E-state index is 13.0. The van der Waals surface area contributed by atoms with Crippen LogP contribution in [0.1, 0.15) is 10.5 Å². The normalized spacial score (nSPS) is 11.3. The Morgan fingerprint density at radius 3 is 3.13 bits per heavy atom. The summed E-state index contributed by atoms with van der Waals surface area (Å²) in [5, 5.41) is 0. The van der Waals surface area contributed by atoms with Crippen molar-refractivity contribution >= 4 is 32.8 Å². The molecule has 3 rings (SSSR count). The van der Waals surface area contributed by atoms with Crippen LogP contribution < -0.4 is 0 Å². The second kappa shape index (κ2) is 2.87. The van der Waals surface area contributed by atoms with Crippen LogP contribution in [0.25, 0.3) is 15.2 Å². The van der Waals surface area contributed by atoms with E-state index in [-0.39, 0.29) is 5.82 Å². The Kier molecular flexibility index (Phi) is 1.63. The minimum Gasteiger partial charge on any atom is -0.296 e. The van der Waals surface area contributed by atoms with Gasteiger partial charge in [-0.2, -0.15) is 0 Å². The minimum absolute atomic E-state index is 0.278. The van der Waals surface area contributed by atoms with Crippen molar-refractivity contribution in [3.05, 3.63) is 35.9 Å². The van der Waals surface area contributed by atoms with Crippen molar-refractivity contribution in [1.29, 1.82) is 0 Å². The standard InChI is InChI=1S/C10H5FN2OS/c11-6-1-2-8-9(3-6)15-10-12-4-7(5-14)13(8)10/h1-5H. The van der Waals surface area contributed by atoms with E-state index in [1.165, 1.54) is 29.7 Å². The summed E-state index contributed by atoms with van der Waals surface area (Å²) in [5.41, 5.74) is 1.30. The van der Waals surface area contributed by atoms with Gasteiger partial charge in [-0.15, -0.1) is 0 Å². The maximum absolute atomic E-state index is 13.0.